The van der Waals surface area contributed by atoms with Gasteiger partial charge in [-0.2, -0.15) is 0 Å². The normalized spacial score (nSPS) is 20.4. The summed E-state index contributed by atoms with van der Waals surface area (Å²) in [5, 5.41) is 1.45. The first kappa shape index (κ1) is 10.0. The topological polar surface area (TPSA) is 4.93 Å². The number of hydrogen-bond acceptors (Lipinski definition) is 0. The predicted octanol–water partition coefficient (Wildman–Crippen LogP) is 3.54. The van der Waals surface area contributed by atoms with Crippen molar-refractivity contribution < 1.29 is 0 Å². The number of benzene rings is 1. The number of fused-ring (bicyclic) bond motifs is 1. The number of aromatic nitrogens is 1. The molecule has 2 aromatic rings. The largest absolute Gasteiger partial charge is 0.349 e. The smallest absolute Gasteiger partial charge is 0.0488 e. The molecule has 1 aliphatic rings. The lowest BCUT2D eigenvalue weighted by atomic mass is 10.2. The zero-order valence-electron chi connectivity index (χ0n) is 9.81. The first-order chi connectivity index (χ1) is 7.71. The quantitative estimate of drug-likeness (QED) is 0.662. The van der Waals surface area contributed by atoms with Gasteiger partial charge in [0.15, 0.2) is 0 Å². The SMILES string of the molecule is Cn1cc(S2(C)CC=CC2)c2ccccc21. The molecule has 2 heterocycles. The van der Waals surface area contributed by atoms with Crippen LogP contribution in [0.4, 0.5) is 0 Å². The Morgan fingerprint density at radius 3 is 2.56 bits per heavy atom. The third kappa shape index (κ3) is 1.33. The zero-order chi connectivity index (χ0) is 11.2. The number of rotatable bonds is 1. The van der Waals surface area contributed by atoms with E-state index in [2.05, 4.69) is 60.5 Å². The fourth-order valence-electron chi connectivity index (χ4n) is 2.51. The van der Waals surface area contributed by atoms with Crippen molar-refractivity contribution in [1.29, 1.82) is 0 Å². The summed E-state index contributed by atoms with van der Waals surface area (Å²) < 4.78 is 2.27. The Hall–Kier alpha value is -1.15. The molecule has 0 bridgehead atoms. The summed E-state index contributed by atoms with van der Waals surface area (Å²) in [4.78, 5) is 1.58. The molecule has 0 N–H and O–H groups in total. The first-order valence-electron chi connectivity index (χ1n) is 5.63. The summed E-state index contributed by atoms with van der Waals surface area (Å²) >= 11 is 0. The maximum absolute atomic E-state index is 2.45. The second-order valence-electron chi connectivity index (χ2n) is 4.70. The fraction of sp³-hybridized carbons (Fsp3) is 0.286. The van der Waals surface area contributed by atoms with Crippen LogP contribution in [0.3, 0.4) is 0 Å². The van der Waals surface area contributed by atoms with Crippen LogP contribution in [0.25, 0.3) is 10.9 Å². The van der Waals surface area contributed by atoms with Gasteiger partial charge in [0.05, 0.1) is 0 Å². The summed E-state index contributed by atoms with van der Waals surface area (Å²) in [6.45, 7) is 0. The number of para-hydroxylation sites is 1. The summed E-state index contributed by atoms with van der Waals surface area (Å²) in [7, 11) is 1.53. The third-order valence-corrected chi connectivity index (χ3v) is 6.73. The fourth-order valence-corrected chi connectivity index (χ4v) is 5.24. The molecule has 0 fully saturated rings. The highest BCUT2D eigenvalue weighted by Gasteiger charge is 2.25. The van der Waals surface area contributed by atoms with Gasteiger partial charge in [-0.05, 0) is 23.8 Å². The highest BCUT2D eigenvalue weighted by atomic mass is 32.3. The summed E-state index contributed by atoms with van der Waals surface area (Å²) in [5.41, 5.74) is 1.36. The van der Waals surface area contributed by atoms with Gasteiger partial charge in [0.2, 0.25) is 0 Å². The first-order valence-corrected chi connectivity index (χ1v) is 8.01. The van der Waals surface area contributed by atoms with Crippen molar-refractivity contribution in [2.75, 3.05) is 17.8 Å². The van der Waals surface area contributed by atoms with Crippen LogP contribution in [0.15, 0.2) is 47.5 Å². The third-order valence-electron chi connectivity index (χ3n) is 3.49. The summed E-state index contributed by atoms with van der Waals surface area (Å²) in [6.07, 6.45) is 9.48. The minimum Gasteiger partial charge on any atom is -0.349 e. The van der Waals surface area contributed by atoms with Crippen molar-refractivity contribution >= 4 is 20.9 Å². The van der Waals surface area contributed by atoms with E-state index >= 15 is 0 Å². The van der Waals surface area contributed by atoms with Crippen molar-refractivity contribution in [3.8, 4) is 0 Å². The van der Waals surface area contributed by atoms with Gasteiger partial charge in [-0.25, -0.2) is 10.0 Å². The van der Waals surface area contributed by atoms with Gasteiger partial charge in [0, 0.05) is 29.0 Å². The van der Waals surface area contributed by atoms with Gasteiger partial charge >= 0.3 is 0 Å². The van der Waals surface area contributed by atoms with E-state index in [1.54, 1.807) is 4.90 Å². The molecule has 2 heteroatoms. The maximum atomic E-state index is 2.45. The van der Waals surface area contributed by atoms with Gasteiger partial charge < -0.3 is 4.57 Å². The highest BCUT2D eigenvalue weighted by Crippen LogP contribution is 2.57. The van der Waals surface area contributed by atoms with Crippen molar-refractivity contribution in [2.45, 2.75) is 4.90 Å². The standard InChI is InChI=1S/C14H17NS/c1-15-11-14(16(2)9-5-6-10-16)12-7-3-4-8-13(12)15/h3-8,11H,9-10H2,1-2H3. The lowest BCUT2D eigenvalue weighted by Gasteiger charge is -2.30. The van der Waals surface area contributed by atoms with Crippen molar-refractivity contribution in [3.05, 3.63) is 42.6 Å². The van der Waals surface area contributed by atoms with Crippen LogP contribution < -0.4 is 0 Å². The van der Waals surface area contributed by atoms with Gasteiger partial charge in [0.1, 0.15) is 0 Å². The highest BCUT2D eigenvalue weighted by molar-refractivity contribution is 8.33. The molecule has 1 aliphatic heterocycles. The van der Waals surface area contributed by atoms with Crippen LogP contribution in [0.5, 0.6) is 0 Å². The lowest BCUT2D eigenvalue weighted by Crippen LogP contribution is -2.00. The van der Waals surface area contributed by atoms with Crippen molar-refractivity contribution in [2.24, 2.45) is 7.05 Å². The molecular formula is C14H17NS. The zero-order valence-corrected chi connectivity index (χ0v) is 10.6. The Morgan fingerprint density at radius 1 is 1.12 bits per heavy atom. The maximum Gasteiger partial charge on any atom is 0.0488 e. The molecule has 0 atom stereocenters. The van der Waals surface area contributed by atoms with Gasteiger partial charge in [-0.3, -0.25) is 0 Å². The molecule has 1 aromatic heterocycles. The number of nitrogens with zero attached hydrogens (tertiary/aromatic N) is 1. The molecule has 0 amide bonds. The molecule has 0 saturated carbocycles. The molecule has 0 spiro atoms. The summed E-state index contributed by atoms with van der Waals surface area (Å²) in [6, 6.07) is 8.75. The molecule has 16 heavy (non-hydrogen) atoms. The van der Waals surface area contributed by atoms with Crippen molar-refractivity contribution in [1.82, 2.24) is 4.57 Å². The predicted molar refractivity (Wildman–Crippen MR) is 73.6 cm³/mol. The van der Waals surface area contributed by atoms with Gasteiger partial charge in [-0.1, -0.05) is 30.4 Å². The molecule has 0 saturated heterocycles. The van der Waals surface area contributed by atoms with E-state index in [4.69, 9.17) is 0 Å². The van der Waals surface area contributed by atoms with Gasteiger partial charge in [-0.15, -0.1) is 0 Å². The molecule has 0 radical (unpaired) electrons. The van der Waals surface area contributed by atoms with E-state index < -0.39 is 10.0 Å². The molecule has 1 nitrogen and oxygen atoms in total. The molecular weight excluding hydrogens is 214 g/mol. The second kappa shape index (κ2) is 3.42. The van der Waals surface area contributed by atoms with Crippen LogP contribution in [0.1, 0.15) is 0 Å². The molecule has 1 aromatic carbocycles. The van der Waals surface area contributed by atoms with Crippen LogP contribution in [0, 0.1) is 0 Å². The van der Waals surface area contributed by atoms with Crippen molar-refractivity contribution in [3.63, 3.8) is 0 Å². The summed E-state index contributed by atoms with van der Waals surface area (Å²) in [5.74, 6) is 2.50. The molecule has 0 unspecified atom stereocenters. The minimum atomic E-state index is -0.620. The van der Waals surface area contributed by atoms with Crippen LogP contribution in [-0.2, 0) is 7.05 Å². The Labute approximate surface area is 98.1 Å². The van der Waals surface area contributed by atoms with E-state index in [1.807, 2.05) is 0 Å². The average molecular weight is 231 g/mol. The van der Waals surface area contributed by atoms with Crippen LogP contribution in [-0.4, -0.2) is 22.3 Å². The minimum absolute atomic E-state index is 0.620. The molecule has 0 aliphatic carbocycles. The monoisotopic (exact) mass is 231 g/mol. The lowest BCUT2D eigenvalue weighted by molar-refractivity contribution is 0.957. The Balaban J connectivity index is 2.24. The van der Waals surface area contributed by atoms with Gasteiger partial charge in [0.25, 0.3) is 0 Å². The Bertz CT molecular complexity index is 557. The van der Waals surface area contributed by atoms with Crippen LogP contribution >= 0.6 is 10.0 Å². The Morgan fingerprint density at radius 2 is 1.81 bits per heavy atom. The van der Waals surface area contributed by atoms with E-state index in [0.717, 1.165) is 0 Å². The van der Waals surface area contributed by atoms with E-state index in [0.29, 0.717) is 0 Å². The van der Waals surface area contributed by atoms with E-state index in [-0.39, 0.29) is 0 Å². The second-order valence-corrected chi connectivity index (χ2v) is 8.36. The van der Waals surface area contributed by atoms with E-state index in [9.17, 15) is 0 Å². The number of hydrogen-bond donors (Lipinski definition) is 0. The van der Waals surface area contributed by atoms with Crippen LogP contribution in [0.2, 0.25) is 0 Å². The average Bonchev–Trinajstić information content (AvgIpc) is 2.86. The number of aryl methyl sites for hydroxylation is 1. The Kier molecular flexibility index (Phi) is 2.15. The molecule has 3 rings (SSSR count). The molecule has 84 valence electrons. The van der Waals surface area contributed by atoms with E-state index in [1.165, 1.54) is 22.4 Å².